The van der Waals surface area contributed by atoms with Gasteiger partial charge in [-0.15, -0.1) is 11.3 Å². The molecule has 126 valence electrons. The number of nitrogens with one attached hydrogen (secondary N) is 2. The standard InChI is InChI=1S/C13H11F3N6OS/c1-17-8-3-18-12-9(20-8)6(5-24-12)11(23)19-7-4-22(2)21-10(7)13(14,15)16/h3-5H,1-2H3,(H,17,20)(H,19,23). The quantitative estimate of drug-likeness (QED) is 0.754. The zero-order chi connectivity index (χ0) is 17.5. The maximum Gasteiger partial charge on any atom is 0.437 e. The molecule has 0 aliphatic carbocycles. The minimum Gasteiger partial charge on any atom is -0.372 e. The highest BCUT2D eigenvalue weighted by Gasteiger charge is 2.37. The molecule has 7 nitrogen and oxygen atoms in total. The monoisotopic (exact) mass is 356 g/mol. The Morgan fingerprint density at radius 1 is 1.38 bits per heavy atom. The first kappa shape index (κ1) is 16.2. The molecule has 3 rings (SSSR count). The minimum atomic E-state index is -4.67. The molecule has 24 heavy (non-hydrogen) atoms. The predicted octanol–water partition coefficient (Wildman–Crippen LogP) is 2.74. The third-order valence-electron chi connectivity index (χ3n) is 3.13. The highest BCUT2D eigenvalue weighted by Crippen LogP contribution is 2.34. The van der Waals surface area contributed by atoms with Crippen LogP contribution < -0.4 is 10.6 Å². The fourth-order valence-corrected chi connectivity index (χ4v) is 2.90. The number of aryl methyl sites for hydroxylation is 1. The third-order valence-corrected chi connectivity index (χ3v) is 4.00. The summed E-state index contributed by atoms with van der Waals surface area (Å²) >= 11 is 1.18. The molecule has 0 aliphatic rings. The van der Waals surface area contributed by atoms with Crippen LogP contribution in [-0.2, 0) is 13.2 Å². The second kappa shape index (κ2) is 5.74. The molecule has 0 atom stereocenters. The van der Waals surface area contributed by atoms with Crippen molar-refractivity contribution in [2.75, 3.05) is 17.7 Å². The number of amides is 1. The number of carbonyl (C=O) groups excluding carboxylic acids is 1. The molecule has 0 unspecified atom stereocenters. The van der Waals surface area contributed by atoms with E-state index < -0.39 is 23.5 Å². The number of nitrogens with zero attached hydrogens (tertiary/aromatic N) is 4. The zero-order valence-corrected chi connectivity index (χ0v) is 13.3. The molecule has 1 amide bonds. The van der Waals surface area contributed by atoms with E-state index in [1.54, 1.807) is 7.05 Å². The Kier molecular flexibility index (Phi) is 3.87. The Morgan fingerprint density at radius 3 is 2.79 bits per heavy atom. The number of carbonyl (C=O) groups is 1. The van der Waals surface area contributed by atoms with Gasteiger partial charge < -0.3 is 10.6 Å². The van der Waals surface area contributed by atoms with Crippen molar-refractivity contribution in [3.05, 3.63) is 29.0 Å². The molecule has 0 fully saturated rings. The largest absolute Gasteiger partial charge is 0.437 e. The van der Waals surface area contributed by atoms with Crippen LogP contribution >= 0.6 is 11.3 Å². The minimum absolute atomic E-state index is 0.150. The Bertz CT molecular complexity index is 916. The Labute approximate surface area is 137 Å². The van der Waals surface area contributed by atoms with Crippen molar-refractivity contribution in [1.29, 1.82) is 0 Å². The van der Waals surface area contributed by atoms with Gasteiger partial charge in [-0.25, -0.2) is 9.97 Å². The lowest BCUT2D eigenvalue weighted by Crippen LogP contribution is -2.16. The van der Waals surface area contributed by atoms with Gasteiger partial charge in [0.15, 0.2) is 5.69 Å². The summed E-state index contributed by atoms with van der Waals surface area (Å²) in [5.41, 5.74) is -1.09. The lowest BCUT2D eigenvalue weighted by molar-refractivity contribution is -0.140. The number of thiophene rings is 1. The second-order valence-corrected chi connectivity index (χ2v) is 5.68. The van der Waals surface area contributed by atoms with Crippen molar-refractivity contribution in [1.82, 2.24) is 19.7 Å². The zero-order valence-electron chi connectivity index (χ0n) is 12.5. The number of anilines is 2. The van der Waals surface area contributed by atoms with Gasteiger partial charge in [0.25, 0.3) is 5.91 Å². The van der Waals surface area contributed by atoms with Gasteiger partial charge in [-0.3, -0.25) is 9.48 Å². The van der Waals surface area contributed by atoms with Crippen LogP contribution in [0.2, 0.25) is 0 Å². The molecule has 3 aromatic heterocycles. The molecule has 3 heterocycles. The van der Waals surface area contributed by atoms with Gasteiger partial charge in [0.2, 0.25) is 0 Å². The maximum absolute atomic E-state index is 13.0. The van der Waals surface area contributed by atoms with E-state index in [9.17, 15) is 18.0 Å². The number of rotatable bonds is 3. The molecular weight excluding hydrogens is 345 g/mol. The number of hydrogen-bond donors (Lipinski definition) is 2. The van der Waals surface area contributed by atoms with Gasteiger partial charge >= 0.3 is 6.18 Å². The van der Waals surface area contributed by atoms with Gasteiger partial charge in [-0.1, -0.05) is 0 Å². The summed E-state index contributed by atoms with van der Waals surface area (Å²) in [6.07, 6.45) is -2.07. The van der Waals surface area contributed by atoms with Gasteiger partial charge in [-0.05, 0) is 0 Å². The van der Waals surface area contributed by atoms with Crippen LogP contribution in [0.25, 0.3) is 10.3 Å². The second-order valence-electron chi connectivity index (χ2n) is 4.83. The van der Waals surface area contributed by atoms with Crippen molar-refractivity contribution in [3.63, 3.8) is 0 Å². The van der Waals surface area contributed by atoms with Crippen molar-refractivity contribution >= 4 is 39.1 Å². The molecule has 0 spiro atoms. The van der Waals surface area contributed by atoms with Crippen LogP contribution in [0.3, 0.4) is 0 Å². The predicted molar refractivity (Wildman–Crippen MR) is 83.1 cm³/mol. The van der Waals surface area contributed by atoms with Crippen LogP contribution in [0, 0.1) is 0 Å². The highest BCUT2D eigenvalue weighted by atomic mass is 32.1. The third kappa shape index (κ3) is 2.89. The summed E-state index contributed by atoms with van der Waals surface area (Å²) < 4.78 is 39.8. The van der Waals surface area contributed by atoms with Crippen molar-refractivity contribution < 1.29 is 18.0 Å². The highest BCUT2D eigenvalue weighted by molar-refractivity contribution is 7.17. The number of hydrogen-bond acceptors (Lipinski definition) is 6. The molecule has 0 saturated heterocycles. The van der Waals surface area contributed by atoms with Crippen LogP contribution in [0.1, 0.15) is 16.1 Å². The molecule has 0 bridgehead atoms. The molecule has 11 heteroatoms. The summed E-state index contributed by atoms with van der Waals surface area (Å²) in [6, 6.07) is 0. The SMILES string of the molecule is CNc1cnc2scc(C(=O)Nc3cn(C)nc3C(F)(F)F)c2n1. The lowest BCUT2D eigenvalue weighted by atomic mass is 10.2. The van der Waals surface area contributed by atoms with E-state index in [4.69, 9.17) is 0 Å². The first-order valence-corrected chi connectivity index (χ1v) is 7.51. The van der Waals surface area contributed by atoms with Gasteiger partial charge in [0, 0.05) is 25.7 Å². The molecule has 2 N–H and O–H groups in total. The van der Waals surface area contributed by atoms with E-state index in [1.807, 2.05) is 0 Å². The summed E-state index contributed by atoms with van der Waals surface area (Å²) in [7, 11) is 2.99. The maximum atomic E-state index is 13.0. The van der Waals surface area contributed by atoms with Crippen LogP contribution in [0.15, 0.2) is 17.8 Å². The average molecular weight is 356 g/mol. The molecule has 0 aliphatic heterocycles. The summed E-state index contributed by atoms with van der Waals surface area (Å²) in [6.45, 7) is 0. The summed E-state index contributed by atoms with van der Waals surface area (Å²) in [5, 5.41) is 9.89. The van der Waals surface area contributed by atoms with Crippen LogP contribution in [-0.4, -0.2) is 32.7 Å². The molecular formula is C13H11F3N6OS. The van der Waals surface area contributed by atoms with Crippen LogP contribution in [0.4, 0.5) is 24.7 Å². The van der Waals surface area contributed by atoms with Gasteiger partial charge in [0.05, 0.1) is 17.4 Å². The van der Waals surface area contributed by atoms with E-state index in [0.29, 0.717) is 16.2 Å². The fourth-order valence-electron chi connectivity index (χ4n) is 2.07. The Balaban J connectivity index is 1.97. The Morgan fingerprint density at radius 2 is 2.12 bits per heavy atom. The molecule has 3 aromatic rings. The lowest BCUT2D eigenvalue weighted by Gasteiger charge is -2.07. The van der Waals surface area contributed by atoms with Gasteiger partial charge in [-0.2, -0.15) is 18.3 Å². The topological polar surface area (TPSA) is 84.7 Å². The Hall–Kier alpha value is -2.69. The van der Waals surface area contributed by atoms with E-state index in [1.165, 1.54) is 30.0 Å². The van der Waals surface area contributed by atoms with E-state index >= 15 is 0 Å². The normalized spacial score (nSPS) is 11.7. The molecule has 0 aromatic carbocycles. The van der Waals surface area contributed by atoms with E-state index in [0.717, 1.165) is 10.9 Å². The van der Waals surface area contributed by atoms with Crippen molar-refractivity contribution in [2.24, 2.45) is 7.05 Å². The first-order chi connectivity index (χ1) is 11.3. The summed E-state index contributed by atoms with van der Waals surface area (Å²) in [5.74, 6) is -0.255. The number of aromatic nitrogens is 4. The van der Waals surface area contributed by atoms with Crippen LogP contribution in [0.5, 0.6) is 0 Å². The number of alkyl halides is 3. The van der Waals surface area contributed by atoms with Crippen molar-refractivity contribution in [2.45, 2.75) is 6.18 Å². The number of fused-ring (bicyclic) bond motifs is 1. The average Bonchev–Trinajstić information content (AvgIpc) is 3.09. The summed E-state index contributed by atoms with van der Waals surface area (Å²) in [4.78, 5) is 21.3. The number of halogens is 3. The smallest absolute Gasteiger partial charge is 0.372 e. The fraction of sp³-hybridized carbons (Fsp3) is 0.231. The van der Waals surface area contributed by atoms with Gasteiger partial charge in [0.1, 0.15) is 16.2 Å². The van der Waals surface area contributed by atoms with E-state index in [2.05, 4.69) is 25.7 Å². The van der Waals surface area contributed by atoms with Crippen molar-refractivity contribution in [3.8, 4) is 0 Å². The molecule has 0 radical (unpaired) electrons. The molecule has 0 saturated carbocycles. The van der Waals surface area contributed by atoms with E-state index in [-0.39, 0.29) is 5.56 Å². The first-order valence-electron chi connectivity index (χ1n) is 6.63.